The second kappa shape index (κ2) is 6.37. The molecular formula is C14H16BrNO5S. The number of nitrogens with zero attached hydrogens (tertiary/aromatic N) is 1. The van der Waals surface area contributed by atoms with Crippen molar-refractivity contribution < 1.29 is 22.7 Å². The molecular weight excluding hydrogens is 374 g/mol. The standard InChI is InChI=1S/C14H16BrNO5S/c1-3-13(17)16-5-4-9-6-10(15)12(7-11(9)16)22(19,20)8-14(18)21-2/h6-7H,3-5,8H2,1-2H3. The molecule has 0 radical (unpaired) electrons. The predicted molar refractivity (Wildman–Crippen MR) is 84.6 cm³/mol. The van der Waals surface area contributed by atoms with Gasteiger partial charge in [0.15, 0.2) is 15.6 Å². The van der Waals surface area contributed by atoms with Crippen LogP contribution in [0, 0.1) is 0 Å². The SMILES string of the molecule is CCC(=O)N1CCc2cc(Br)c(S(=O)(=O)CC(=O)OC)cc21. The lowest BCUT2D eigenvalue weighted by atomic mass is 10.2. The molecule has 0 aliphatic carbocycles. The Morgan fingerprint density at radius 1 is 1.36 bits per heavy atom. The van der Waals surface area contributed by atoms with Crippen molar-refractivity contribution in [1.82, 2.24) is 0 Å². The van der Waals surface area contributed by atoms with Gasteiger partial charge in [-0.3, -0.25) is 9.59 Å². The Balaban J connectivity index is 2.47. The van der Waals surface area contributed by atoms with Gasteiger partial charge in [-0.05, 0) is 40.0 Å². The fraction of sp³-hybridized carbons (Fsp3) is 0.429. The summed E-state index contributed by atoms with van der Waals surface area (Å²) in [6.07, 6.45) is 1.02. The molecule has 0 unspecified atom stereocenters. The number of carbonyl (C=O) groups is 2. The molecule has 1 aromatic carbocycles. The lowest BCUT2D eigenvalue weighted by Crippen LogP contribution is -2.28. The molecule has 1 heterocycles. The van der Waals surface area contributed by atoms with E-state index >= 15 is 0 Å². The van der Waals surface area contributed by atoms with E-state index in [9.17, 15) is 18.0 Å². The van der Waals surface area contributed by atoms with Crippen LogP contribution in [0.4, 0.5) is 5.69 Å². The number of fused-ring (bicyclic) bond motifs is 1. The summed E-state index contributed by atoms with van der Waals surface area (Å²) in [5.41, 5.74) is 1.50. The lowest BCUT2D eigenvalue weighted by molar-refractivity contribution is -0.137. The van der Waals surface area contributed by atoms with E-state index in [-0.39, 0.29) is 10.8 Å². The first-order valence-electron chi connectivity index (χ1n) is 6.72. The normalized spacial score (nSPS) is 13.9. The smallest absolute Gasteiger partial charge is 0.321 e. The van der Waals surface area contributed by atoms with Crippen molar-refractivity contribution in [1.29, 1.82) is 0 Å². The molecule has 0 aromatic heterocycles. The van der Waals surface area contributed by atoms with Gasteiger partial charge >= 0.3 is 5.97 Å². The summed E-state index contributed by atoms with van der Waals surface area (Å²) in [4.78, 5) is 24.8. The lowest BCUT2D eigenvalue weighted by Gasteiger charge is -2.17. The van der Waals surface area contributed by atoms with Crippen LogP contribution in [0.3, 0.4) is 0 Å². The van der Waals surface area contributed by atoms with Gasteiger partial charge in [0.05, 0.1) is 12.0 Å². The van der Waals surface area contributed by atoms with Crippen LogP contribution < -0.4 is 4.90 Å². The van der Waals surface area contributed by atoms with Gasteiger partial charge in [-0.25, -0.2) is 8.42 Å². The summed E-state index contributed by atoms with van der Waals surface area (Å²) in [6.45, 7) is 2.29. The van der Waals surface area contributed by atoms with E-state index < -0.39 is 21.6 Å². The van der Waals surface area contributed by atoms with Crippen molar-refractivity contribution in [3.63, 3.8) is 0 Å². The minimum atomic E-state index is -3.84. The second-order valence-corrected chi connectivity index (χ2v) is 7.71. The van der Waals surface area contributed by atoms with Crippen LogP contribution in [0.15, 0.2) is 21.5 Å². The number of anilines is 1. The molecule has 6 nitrogen and oxygen atoms in total. The van der Waals surface area contributed by atoms with Crippen molar-refractivity contribution in [2.45, 2.75) is 24.7 Å². The topological polar surface area (TPSA) is 80.8 Å². The number of methoxy groups -OCH3 is 1. The number of halogens is 1. The summed E-state index contributed by atoms with van der Waals surface area (Å²) in [7, 11) is -2.70. The third-order valence-electron chi connectivity index (χ3n) is 3.50. The zero-order chi connectivity index (χ0) is 16.5. The highest BCUT2D eigenvalue weighted by Gasteiger charge is 2.29. The second-order valence-electron chi connectivity index (χ2n) is 4.90. The van der Waals surface area contributed by atoms with Crippen molar-refractivity contribution in [2.24, 2.45) is 0 Å². The largest absolute Gasteiger partial charge is 0.468 e. The highest BCUT2D eigenvalue weighted by molar-refractivity contribution is 9.10. The van der Waals surface area contributed by atoms with Gasteiger partial charge in [0, 0.05) is 23.1 Å². The number of carbonyl (C=O) groups excluding carboxylic acids is 2. The van der Waals surface area contributed by atoms with Gasteiger partial charge in [0.25, 0.3) is 0 Å². The molecule has 8 heteroatoms. The van der Waals surface area contributed by atoms with Gasteiger partial charge in [-0.1, -0.05) is 6.92 Å². The first-order valence-corrected chi connectivity index (χ1v) is 9.17. The first kappa shape index (κ1) is 17.0. The summed E-state index contributed by atoms with van der Waals surface area (Å²) in [5.74, 6) is -1.62. The number of amides is 1. The predicted octanol–water partition coefficient (Wildman–Crippen LogP) is 1.69. The number of ether oxygens (including phenoxy) is 1. The summed E-state index contributed by atoms with van der Waals surface area (Å²) >= 11 is 3.24. The highest BCUT2D eigenvalue weighted by Crippen LogP contribution is 2.36. The Labute approximate surface area is 137 Å². The Morgan fingerprint density at radius 2 is 2.05 bits per heavy atom. The maximum absolute atomic E-state index is 12.3. The fourth-order valence-corrected chi connectivity index (χ4v) is 4.73. The summed E-state index contributed by atoms with van der Waals surface area (Å²) in [6, 6.07) is 3.15. The number of benzene rings is 1. The van der Waals surface area contributed by atoms with E-state index in [0.717, 1.165) is 12.7 Å². The third kappa shape index (κ3) is 3.17. The minimum absolute atomic E-state index is 0.00699. The van der Waals surface area contributed by atoms with E-state index in [2.05, 4.69) is 20.7 Å². The highest BCUT2D eigenvalue weighted by atomic mass is 79.9. The molecule has 1 aliphatic heterocycles. The summed E-state index contributed by atoms with van der Waals surface area (Å²) in [5, 5.41) is 0. The third-order valence-corrected chi connectivity index (χ3v) is 6.04. The van der Waals surface area contributed by atoms with Crippen molar-refractivity contribution >= 4 is 43.3 Å². The van der Waals surface area contributed by atoms with Crippen molar-refractivity contribution in [3.05, 3.63) is 22.2 Å². The van der Waals surface area contributed by atoms with Gasteiger partial charge in [0.2, 0.25) is 5.91 Å². The first-order chi connectivity index (χ1) is 10.3. The molecule has 0 saturated heterocycles. The zero-order valence-corrected chi connectivity index (χ0v) is 14.7. The van der Waals surface area contributed by atoms with E-state index in [1.165, 1.54) is 6.07 Å². The van der Waals surface area contributed by atoms with Crippen LogP contribution in [-0.4, -0.2) is 39.7 Å². The minimum Gasteiger partial charge on any atom is -0.468 e. The number of rotatable bonds is 4. The van der Waals surface area contributed by atoms with Gasteiger partial charge in [0.1, 0.15) is 0 Å². The Bertz CT molecular complexity index is 729. The van der Waals surface area contributed by atoms with E-state index in [0.29, 0.717) is 29.5 Å². The molecule has 0 fully saturated rings. The van der Waals surface area contributed by atoms with Crippen LogP contribution >= 0.6 is 15.9 Å². The maximum atomic E-state index is 12.3. The maximum Gasteiger partial charge on any atom is 0.321 e. The molecule has 1 amide bonds. The molecule has 1 aromatic rings. The molecule has 0 bridgehead atoms. The molecule has 22 heavy (non-hydrogen) atoms. The Hall–Kier alpha value is -1.41. The number of hydrogen-bond donors (Lipinski definition) is 0. The van der Waals surface area contributed by atoms with Crippen LogP contribution in [0.2, 0.25) is 0 Å². The molecule has 0 saturated carbocycles. The average molecular weight is 390 g/mol. The van der Waals surface area contributed by atoms with Crippen LogP contribution in [0.5, 0.6) is 0 Å². The van der Waals surface area contributed by atoms with E-state index in [4.69, 9.17) is 0 Å². The molecule has 0 atom stereocenters. The Morgan fingerprint density at radius 3 is 2.64 bits per heavy atom. The van der Waals surface area contributed by atoms with Crippen molar-refractivity contribution in [3.8, 4) is 0 Å². The van der Waals surface area contributed by atoms with Gasteiger partial charge in [-0.15, -0.1) is 0 Å². The number of sulfone groups is 1. The zero-order valence-electron chi connectivity index (χ0n) is 12.3. The Kier molecular flexibility index (Phi) is 4.91. The average Bonchev–Trinajstić information content (AvgIpc) is 2.87. The monoisotopic (exact) mass is 389 g/mol. The molecule has 0 spiro atoms. The number of hydrogen-bond acceptors (Lipinski definition) is 5. The summed E-state index contributed by atoms with van der Waals surface area (Å²) < 4.78 is 29.5. The quantitative estimate of drug-likeness (QED) is 0.731. The molecule has 2 rings (SSSR count). The molecule has 1 aliphatic rings. The molecule has 0 N–H and O–H groups in total. The number of esters is 1. The van der Waals surface area contributed by atoms with Crippen LogP contribution in [-0.2, 0) is 30.6 Å². The van der Waals surface area contributed by atoms with Crippen molar-refractivity contribution in [2.75, 3.05) is 24.3 Å². The van der Waals surface area contributed by atoms with E-state index in [1.54, 1.807) is 17.9 Å². The van der Waals surface area contributed by atoms with Crippen LogP contribution in [0.1, 0.15) is 18.9 Å². The van der Waals surface area contributed by atoms with E-state index in [1.807, 2.05) is 0 Å². The fourth-order valence-electron chi connectivity index (χ4n) is 2.37. The van der Waals surface area contributed by atoms with Crippen LogP contribution in [0.25, 0.3) is 0 Å². The van der Waals surface area contributed by atoms with Gasteiger partial charge in [-0.2, -0.15) is 0 Å². The molecule has 120 valence electrons. The van der Waals surface area contributed by atoms with Gasteiger partial charge < -0.3 is 9.64 Å².